The van der Waals surface area contributed by atoms with Crippen molar-refractivity contribution in [3.63, 3.8) is 0 Å². The van der Waals surface area contributed by atoms with Gasteiger partial charge in [-0.1, -0.05) is 84.9 Å². The topological polar surface area (TPSA) is 135 Å². The van der Waals surface area contributed by atoms with E-state index in [0.717, 1.165) is 22.3 Å². The highest BCUT2D eigenvalue weighted by Gasteiger charge is 2.51. The Morgan fingerprint density at radius 1 is 0.958 bits per heavy atom. The molecule has 11 nitrogen and oxygen atoms in total. The molecule has 5 aromatic rings. The van der Waals surface area contributed by atoms with Gasteiger partial charge in [-0.25, -0.2) is 9.78 Å². The number of ether oxygens (including phenoxy) is 2. The van der Waals surface area contributed by atoms with Crippen LogP contribution in [0, 0.1) is 0 Å². The molecule has 2 aromatic heterocycles. The van der Waals surface area contributed by atoms with Crippen LogP contribution in [0.5, 0.6) is 0 Å². The normalized spacial score (nSPS) is 20.8. The Labute approximate surface area is 272 Å². The molecule has 2 aliphatic rings. The average molecular weight is 661 g/mol. The van der Waals surface area contributed by atoms with E-state index in [9.17, 15) is 28.2 Å². The Hall–Kier alpha value is -5.05. The smallest absolute Gasteiger partial charge is 0.448 e. The minimum Gasteiger partial charge on any atom is -0.448 e. The number of aliphatic hydroxyl groups excluding tert-OH is 2. The Morgan fingerprint density at radius 3 is 2.15 bits per heavy atom. The second-order valence-corrected chi connectivity index (χ2v) is 11.7. The van der Waals surface area contributed by atoms with E-state index in [2.05, 4.69) is 10.3 Å². The van der Waals surface area contributed by atoms with E-state index in [-0.39, 0.29) is 17.1 Å². The van der Waals surface area contributed by atoms with Crippen LogP contribution in [0.15, 0.2) is 91.3 Å². The molecule has 0 spiro atoms. The lowest BCUT2D eigenvalue weighted by molar-refractivity contribution is -0.211. The number of carbonyl (C=O) groups excluding carboxylic acids is 1. The molecule has 1 saturated heterocycles. The molecule has 4 heterocycles. The van der Waals surface area contributed by atoms with E-state index in [1.807, 2.05) is 89.8 Å². The first-order valence-electron chi connectivity index (χ1n) is 15.3. The predicted octanol–water partition coefficient (Wildman–Crippen LogP) is 4.32. The standard InChI is InChI=1S/C34H31F3N6O5/c35-34(36,37)32(46)48-28-27(45)25(18-44)47-31(28)43-19-39-26-29(38-15-24(20-9-3-1-4-10-20)21-11-5-2-6-12-21)40-33(41-30(26)43)42-16-22-13-7-8-14-23(22)17-42/h1-14,19,24-25,27-28,31,44-45H,15-18H2,(H,38,40,41)/t25-,27?,28?,31-/m1/s1. The first-order chi connectivity index (χ1) is 23.2. The molecule has 0 radical (unpaired) electrons. The van der Waals surface area contributed by atoms with Gasteiger partial charge < -0.3 is 29.9 Å². The monoisotopic (exact) mass is 660 g/mol. The van der Waals surface area contributed by atoms with E-state index in [4.69, 9.17) is 19.4 Å². The van der Waals surface area contributed by atoms with Gasteiger partial charge in [0.15, 0.2) is 29.3 Å². The van der Waals surface area contributed by atoms with Gasteiger partial charge in [0.05, 0.1) is 12.9 Å². The molecule has 7 rings (SSSR count). The summed E-state index contributed by atoms with van der Waals surface area (Å²) in [5.41, 5.74) is 4.79. The first kappa shape index (κ1) is 31.5. The van der Waals surface area contributed by atoms with Crippen LogP contribution in [0.25, 0.3) is 11.2 Å². The highest BCUT2D eigenvalue weighted by atomic mass is 19.4. The van der Waals surface area contributed by atoms with Crippen LogP contribution < -0.4 is 10.2 Å². The average Bonchev–Trinajstić information content (AvgIpc) is 3.81. The molecular formula is C34H31F3N6O5. The second-order valence-electron chi connectivity index (χ2n) is 11.7. The minimum atomic E-state index is -5.32. The zero-order valence-corrected chi connectivity index (χ0v) is 25.4. The molecule has 0 amide bonds. The van der Waals surface area contributed by atoms with Gasteiger partial charge in [0.2, 0.25) is 5.95 Å². The van der Waals surface area contributed by atoms with Crippen molar-refractivity contribution >= 4 is 28.9 Å². The molecule has 2 unspecified atom stereocenters. The van der Waals surface area contributed by atoms with Gasteiger partial charge in [0.1, 0.15) is 12.2 Å². The van der Waals surface area contributed by atoms with Crippen molar-refractivity contribution < 1.29 is 37.7 Å². The second kappa shape index (κ2) is 12.9. The van der Waals surface area contributed by atoms with Gasteiger partial charge in [-0.2, -0.15) is 23.1 Å². The molecule has 14 heteroatoms. The lowest BCUT2D eigenvalue weighted by atomic mass is 9.91. The summed E-state index contributed by atoms with van der Waals surface area (Å²) < 4.78 is 51.4. The fraction of sp³-hybridized carbons (Fsp3) is 0.294. The van der Waals surface area contributed by atoms with Crippen LogP contribution in [-0.2, 0) is 27.4 Å². The summed E-state index contributed by atoms with van der Waals surface area (Å²) in [7, 11) is 0. The third kappa shape index (κ3) is 6.05. The van der Waals surface area contributed by atoms with Crippen LogP contribution in [-0.4, -0.2) is 73.3 Å². The summed E-state index contributed by atoms with van der Waals surface area (Å²) in [5, 5.41) is 24.0. The van der Waals surface area contributed by atoms with Crippen molar-refractivity contribution in [1.29, 1.82) is 0 Å². The number of esters is 1. The van der Waals surface area contributed by atoms with Gasteiger partial charge >= 0.3 is 12.1 Å². The van der Waals surface area contributed by atoms with Crippen molar-refractivity contribution in [3.8, 4) is 0 Å². The van der Waals surface area contributed by atoms with Gasteiger partial charge in [-0.05, 0) is 22.3 Å². The highest BCUT2D eigenvalue weighted by molar-refractivity contribution is 5.84. The van der Waals surface area contributed by atoms with Crippen LogP contribution in [0.3, 0.4) is 0 Å². The number of alkyl halides is 3. The number of anilines is 2. The first-order valence-corrected chi connectivity index (χ1v) is 15.3. The molecule has 1 fully saturated rings. The number of nitrogens with one attached hydrogen (secondary N) is 1. The van der Waals surface area contributed by atoms with E-state index >= 15 is 0 Å². The maximum Gasteiger partial charge on any atom is 0.490 e. The largest absolute Gasteiger partial charge is 0.490 e. The van der Waals surface area contributed by atoms with Gasteiger partial charge in [-0.15, -0.1) is 0 Å². The number of rotatable bonds is 9. The van der Waals surface area contributed by atoms with Gasteiger partial charge in [0, 0.05) is 25.6 Å². The molecule has 2 aliphatic heterocycles. The van der Waals surface area contributed by atoms with Gasteiger partial charge in [0.25, 0.3) is 0 Å². The summed E-state index contributed by atoms with van der Waals surface area (Å²) in [6.07, 6.45) is -10.4. The molecule has 0 bridgehead atoms. The summed E-state index contributed by atoms with van der Waals surface area (Å²) in [6.45, 7) is 0.708. The molecule has 48 heavy (non-hydrogen) atoms. The molecule has 3 aromatic carbocycles. The quantitative estimate of drug-likeness (QED) is 0.196. The third-order valence-electron chi connectivity index (χ3n) is 8.65. The zero-order valence-electron chi connectivity index (χ0n) is 25.4. The van der Waals surface area contributed by atoms with Crippen LogP contribution in [0.2, 0.25) is 0 Å². The fourth-order valence-corrected chi connectivity index (χ4v) is 6.24. The third-order valence-corrected chi connectivity index (χ3v) is 8.65. The van der Waals surface area contributed by atoms with E-state index in [0.29, 0.717) is 31.4 Å². The Morgan fingerprint density at radius 2 is 1.56 bits per heavy atom. The van der Waals surface area contributed by atoms with Crippen molar-refractivity contribution in [3.05, 3.63) is 114 Å². The van der Waals surface area contributed by atoms with Crippen LogP contribution in [0.4, 0.5) is 24.9 Å². The maximum absolute atomic E-state index is 13.2. The highest BCUT2D eigenvalue weighted by Crippen LogP contribution is 2.37. The van der Waals surface area contributed by atoms with E-state index in [1.54, 1.807) is 0 Å². The minimum absolute atomic E-state index is 0.0798. The number of imidazole rings is 1. The molecule has 0 saturated carbocycles. The summed E-state index contributed by atoms with van der Waals surface area (Å²) in [6, 6.07) is 27.9. The SMILES string of the molecule is O=C(OC1C(O)[C@@H](CO)O[C@H]1n1cnc2c(NCC(c3ccccc3)c3ccccc3)nc(N3Cc4ccccc4C3)nc21)C(F)(F)F. The van der Waals surface area contributed by atoms with Crippen molar-refractivity contribution in [2.75, 3.05) is 23.4 Å². The number of halogens is 3. The summed E-state index contributed by atoms with van der Waals surface area (Å²) in [5.74, 6) is -1.89. The van der Waals surface area contributed by atoms with Crippen molar-refractivity contribution in [1.82, 2.24) is 19.5 Å². The number of aromatic nitrogens is 4. The lowest BCUT2D eigenvalue weighted by Crippen LogP contribution is -2.40. The number of benzene rings is 3. The van der Waals surface area contributed by atoms with Crippen LogP contribution >= 0.6 is 0 Å². The number of nitrogens with zero attached hydrogens (tertiary/aromatic N) is 5. The van der Waals surface area contributed by atoms with E-state index < -0.39 is 43.3 Å². The Balaban J connectivity index is 1.29. The number of hydrogen-bond donors (Lipinski definition) is 3. The summed E-state index contributed by atoms with van der Waals surface area (Å²) in [4.78, 5) is 28.0. The van der Waals surface area contributed by atoms with Crippen molar-refractivity contribution in [2.45, 2.75) is 49.7 Å². The maximum atomic E-state index is 13.2. The number of carbonyl (C=O) groups is 1. The molecule has 0 aliphatic carbocycles. The zero-order chi connectivity index (χ0) is 33.4. The molecular weight excluding hydrogens is 629 g/mol. The number of aliphatic hydroxyl groups is 2. The Kier molecular flexibility index (Phi) is 8.45. The fourth-order valence-electron chi connectivity index (χ4n) is 6.24. The van der Waals surface area contributed by atoms with Gasteiger partial charge in [-0.3, -0.25) is 4.57 Å². The van der Waals surface area contributed by atoms with Crippen LogP contribution in [0.1, 0.15) is 34.4 Å². The molecule has 248 valence electrons. The molecule has 3 N–H and O–H groups in total. The molecule has 4 atom stereocenters. The van der Waals surface area contributed by atoms with E-state index in [1.165, 1.54) is 10.9 Å². The number of fused-ring (bicyclic) bond motifs is 2. The Bertz CT molecular complexity index is 1840. The summed E-state index contributed by atoms with van der Waals surface area (Å²) >= 11 is 0. The predicted molar refractivity (Wildman–Crippen MR) is 168 cm³/mol. The number of hydrogen-bond acceptors (Lipinski definition) is 10. The van der Waals surface area contributed by atoms with Crippen molar-refractivity contribution in [2.24, 2.45) is 0 Å². The lowest BCUT2D eigenvalue weighted by Gasteiger charge is -2.23.